The number of esters is 1. The van der Waals surface area contributed by atoms with E-state index in [2.05, 4.69) is 48.9 Å². The molecule has 8 heteroatoms. The molecule has 0 aliphatic carbocycles. The van der Waals surface area contributed by atoms with Gasteiger partial charge in [0.2, 0.25) is 0 Å². The van der Waals surface area contributed by atoms with Gasteiger partial charge in [0.15, 0.2) is 4.80 Å². The molecule has 0 N–H and O–H groups in total. The molecule has 240 valence electrons. The number of para-hydroxylation sites is 1. The van der Waals surface area contributed by atoms with Crippen molar-refractivity contribution in [2.45, 2.75) is 39.3 Å². The van der Waals surface area contributed by atoms with E-state index in [-0.39, 0.29) is 12.2 Å². The maximum Gasteiger partial charge on any atom is 0.338 e. The maximum absolute atomic E-state index is 14.5. The minimum Gasteiger partial charge on any atom is -0.463 e. The fourth-order valence-electron chi connectivity index (χ4n) is 6.27. The monoisotopic (exact) mass is 671 g/mol. The Labute approximate surface area is 287 Å². The lowest BCUT2D eigenvalue weighted by molar-refractivity contribution is -0.138. The van der Waals surface area contributed by atoms with Crippen molar-refractivity contribution in [3.05, 3.63) is 167 Å². The summed E-state index contributed by atoms with van der Waals surface area (Å²) in [5.74, 6) is -0.152. The highest BCUT2D eigenvalue weighted by molar-refractivity contribution is 7.07. The third-order valence-electron chi connectivity index (χ3n) is 8.66. The number of halogens is 1. The summed E-state index contributed by atoms with van der Waals surface area (Å²) in [6, 6.07) is 33.1. The molecule has 0 saturated carbocycles. The lowest BCUT2D eigenvalue weighted by Gasteiger charge is -2.26. The molecule has 0 spiro atoms. The molecule has 3 heterocycles. The number of hydrogen-bond acceptors (Lipinski definition) is 5. The van der Waals surface area contributed by atoms with Crippen molar-refractivity contribution in [3.63, 3.8) is 0 Å². The Bertz CT molecular complexity index is 2350. The summed E-state index contributed by atoms with van der Waals surface area (Å²) < 4.78 is 10.0. The van der Waals surface area contributed by atoms with E-state index in [0.29, 0.717) is 38.1 Å². The second-order valence-corrected chi connectivity index (χ2v) is 13.6. The van der Waals surface area contributed by atoms with E-state index in [9.17, 15) is 9.59 Å². The molecule has 0 saturated heterocycles. The van der Waals surface area contributed by atoms with Gasteiger partial charge in [-0.25, -0.2) is 9.79 Å². The van der Waals surface area contributed by atoms with E-state index >= 15 is 0 Å². The zero-order valence-corrected chi connectivity index (χ0v) is 28.5. The largest absolute Gasteiger partial charge is 0.463 e. The Morgan fingerprint density at radius 2 is 1.67 bits per heavy atom. The van der Waals surface area contributed by atoms with Gasteiger partial charge in [0.1, 0.15) is 0 Å². The Morgan fingerprint density at radius 1 is 0.958 bits per heavy atom. The summed E-state index contributed by atoms with van der Waals surface area (Å²) in [6.45, 7) is 6.92. The third-order valence-corrected chi connectivity index (χ3v) is 9.90. The van der Waals surface area contributed by atoms with Gasteiger partial charge in [-0.1, -0.05) is 122 Å². The van der Waals surface area contributed by atoms with Crippen LogP contribution in [-0.2, 0) is 16.1 Å². The van der Waals surface area contributed by atoms with Crippen LogP contribution in [0.5, 0.6) is 0 Å². The van der Waals surface area contributed by atoms with Gasteiger partial charge in [-0.15, -0.1) is 0 Å². The molecule has 0 bridgehead atoms. The highest BCUT2D eigenvalue weighted by Crippen LogP contribution is 2.35. The van der Waals surface area contributed by atoms with Crippen LogP contribution in [0.4, 0.5) is 0 Å². The third kappa shape index (κ3) is 5.96. The van der Waals surface area contributed by atoms with Crippen molar-refractivity contribution in [1.29, 1.82) is 0 Å². The molecule has 6 aromatic rings. The molecule has 1 aliphatic heterocycles. The van der Waals surface area contributed by atoms with E-state index in [1.54, 1.807) is 11.5 Å². The SMILES string of the molecule is CCOC(=O)C1=C(c2ccccc2)N=c2s/c(=C\c3cn(Cc4ccc(Cl)cc4)c4ccccc34)c(=O)n2[C@@H]1c1ccc(C(C)C)cc1. The first-order valence-corrected chi connectivity index (χ1v) is 17.2. The number of carbonyl (C=O) groups is 1. The number of benzene rings is 4. The lowest BCUT2D eigenvalue weighted by atomic mass is 9.91. The zero-order valence-electron chi connectivity index (χ0n) is 26.9. The van der Waals surface area contributed by atoms with Crippen molar-refractivity contribution in [3.8, 4) is 0 Å². The standard InChI is InChI=1S/C40H34ClN3O3S/c1-4-47-39(46)35-36(28-10-6-5-7-11-28)42-40-44(37(35)29-18-16-27(17-19-29)25(2)3)38(45)34(48-40)22-30-24-43(33-13-9-8-12-32(30)33)23-26-14-20-31(41)21-15-26/h5-22,24-25,37H,4,23H2,1-3H3/b34-22-/t37-/m1/s1. The van der Waals surface area contributed by atoms with Crippen LogP contribution in [0.1, 0.15) is 60.5 Å². The zero-order chi connectivity index (χ0) is 33.4. The number of rotatable bonds is 8. The van der Waals surface area contributed by atoms with Crippen LogP contribution in [0.25, 0.3) is 22.7 Å². The topological polar surface area (TPSA) is 65.6 Å². The van der Waals surface area contributed by atoms with Crippen molar-refractivity contribution in [1.82, 2.24) is 9.13 Å². The first-order chi connectivity index (χ1) is 23.3. The van der Waals surface area contributed by atoms with Crippen LogP contribution in [0.15, 0.2) is 125 Å². The lowest BCUT2D eigenvalue weighted by Crippen LogP contribution is -2.40. The molecule has 4 aromatic carbocycles. The fraction of sp³-hybridized carbons (Fsp3) is 0.175. The van der Waals surface area contributed by atoms with E-state index in [1.807, 2.05) is 84.9 Å². The summed E-state index contributed by atoms with van der Waals surface area (Å²) >= 11 is 7.47. The number of thiazole rings is 1. The number of fused-ring (bicyclic) bond motifs is 2. The van der Waals surface area contributed by atoms with E-state index < -0.39 is 12.0 Å². The van der Waals surface area contributed by atoms with Crippen LogP contribution >= 0.6 is 22.9 Å². The summed E-state index contributed by atoms with van der Waals surface area (Å²) in [5.41, 5.74) is 6.53. The van der Waals surface area contributed by atoms with Gasteiger partial charge < -0.3 is 9.30 Å². The molecule has 1 aliphatic rings. The molecule has 7 rings (SSSR count). The van der Waals surface area contributed by atoms with E-state index in [1.165, 1.54) is 16.9 Å². The minimum atomic E-state index is -0.717. The van der Waals surface area contributed by atoms with Gasteiger partial charge in [0.05, 0.1) is 28.5 Å². The highest BCUT2D eigenvalue weighted by atomic mass is 35.5. The quantitative estimate of drug-likeness (QED) is 0.156. The molecular weight excluding hydrogens is 638 g/mol. The second-order valence-electron chi connectivity index (χ2n) is 12.1. The molecule has 0 unspecified atom stereocenters. The predicted octanol–water partition coefficient (Wildman–Crippen LogP) is 7.72. The molecule has 0 radical (unpaired) electrons. The Kier molecular flexibility index (Phi) is 8.73. The number of hydrogen-bond donors (Lipinski definition) is 0. The minimum absolute atomic E-state index is 0.202. The van der Waals surface area contributed by atoms with Gasteiger partial charge in [0.25, 0.3) is 5.56 Å². The van der Waals surface area contributed by atoms with Crippen LogP contribution in [0, 0.1) is 0 Å². The average Bonchev–Trinajstić information content (AvgIpc) is 3.61. The Morgan fingerprint density at radius 3 is 2.38 bits per heavy atom. The van der Waals surface area contributed by atoms with Crippen molar-refractivity contribution >= 4 is 51.6 Å². The second kappa shape index (κ2) is 13.3. The van der Waals surface area contributed by atoms with Gasteiger partial charge in [-0.3, -0.25) is 9.36 Å². The number of carbonyl (C=O) groups excluding carboxylic acids is 1. The van der Waals surface area contributed by atoms with Crippen molar-refractivity contribution < 1.29 is 9.53 Å². The van der Waals surface area contributed by atoms with Crippen molar-refractivity contribution in [2.75, 3.05) is 6.61 Å². The first kappa shape index (κ1) is 31.6. The average molecular weight is 672 g/mol. The van der Waals surface area contributed by atoms with Crippen LogP contribution in [-0.4, -0.2) is 21.7 Å². The van der Waals surface area contributed by atoms with Gasteiger partial charge in [-0.2, -0.15) is 0 Å². The Hall–Kier alpha value is -4.98. The highest BCUT2D eigenvalue weighted by Gasteiger charge is 2.35. The molecule has 6 nitrogen and oxygen atoms in total. The van der Waals surface area contributed by atoms with E-state index in [4.69, 9.17) is 21.3 Å². The van der Waals surface area contributed by atoms with Gasteiger partial charge >= 0.3 is 5.97 Å². The molecule has 48 heavy (non-hydrogen) atoms. The van der Waals surface area contributed by atoms with Crippen LogP contribution in [0.3, 0.4) is 0 Å². The molecular formula is C40H34ClN3O3S. The van der Waals surface area contributed by atoms with Crippen molar-refractivity contribution in [2.24, 2.45) is 4.99 Å². The first-order valence-electron chi connectivity index (χ1n) is 16.0. The summed E-state index contributed by atoms with van der Waals surface area (Å²) in [5, 5.41) is 1.73. The number of ether oxygens (including phenoxy) is 1. The van der Waals surface area contributed by atoms with Crippen LogP contribution < -0.4 is 14.9 Å². The van der Waals surface area contributed by atoms with Crippen LogP contribution in [0.2, 0.25) is 5.02 Å². The number of nitrogens with zero attached hydrogens (tertiary/aromatic N) is 3. The molecule has 2 aromatic heterocycles. The summed E-state index contributed by atoms with van der Waals surface area (Å²) in [4.78, 5) is 33.8. The normalized spacial score (nSPS) is 14.8. The summed E-state index contributed by atoms with van der Waals surface area (Å²) in [7, 11) is 0. The molecule has 1 atom stereocenters. The smallest absolute Gasteiger partial charge is 0.338 e. The molecule has 0 amide bonds. The van der Waals surface area contributed by atoms with Gasteiger partial charge in [-0.05, 0) is 53.8 Å². The molecule has 0 fully saturated rings. The Balaban J connectivity index is 1.44. The summed E-state index contributed by atoms with van der Waals surface area (Å²) in [6.07, 6.45) is 4.03. The number of aromatic nitrogens is 2. The van der Waals surface area contributed by atoms with E-state index in [0.717, 1.165) is 33.2 Å². The maximum atomic E-state index is 14.5. The fourth-order valence-corrected chi connectivity index (χ4v) is 7.39. The van der Waals surface area contributed by atoms with Gasteiger partial charge in [0, 0.05) is 39.8 Å². The predicted molar refractivity (Wildman–Crippen MR) is 194 cm³/mol.